The van der Waals surface area contributed by atoms with Crippen LogP contribution in [0.4, 0.5) is 5.69 Å². The highest BCUT2D eigenvalue weighted by Gasteiger charge is 2.25. The van der Waals surface area contributed by atoms with E-state index in [0.717, 1.165) is 22.6 Å². The number of hydrogen-bond acceptors (Lipinski definition) is 2. The lowest BCUT2D eigenvalue weighted by molar-refractivity contribution is 0.593. The van der Waals surface area contributed by atoms with E-state index in [1.807, 2.05) is 24.3 Å². The van der Waals surface area contributed by atoms with Crippen LogP contribution in [0.2, 0.25) is 0 Å². The van der Waals surface area contributed by atoms with Gasteiger partial charge in [-0.3, -0.25) is 0 Å². The van der Waals surface area contributed by atoms with Crippen LogP contribution in [0, 0.1) is 0 Å². The average molecular weight is 430 g/mol. The molecule has 162 valence electrons. The molecule has 1 heterocycles. The second kappa shape index (κ2) is 9.22. The Bertz CT molecular complexity index is 1300. The third-order valence-electron chi connectivity index (χ3n) is 6.04. The lowest BCUT2D eigenvalue weighted by Crippen LogP contribution is -2.09. The molecule has 1 unspecified atom stereocenters. The molecule has 1 aromatic heterocycles. The maximum absolute atomic E-state index is 6.56. The molecule has 33 heavy (non-hydrogen) atoms. The van der Waals surface area contributed by atoms with Crippen molar-refractivity contribution < 1.29 is 4.42 Å². The Morgan fingerprint density at radius 2 is 1.09 bits per heavy atom. The van der Waals surface area contributed by atoms with Gasteiger partial charge in [0.2, 0.25) is 0 Å². The van der Waals surface area contributed by atoms with Crippen molar-refractivity contribution >= 4 is 5.69 Å². The van der Waals surface area contributed by atoms with E-state index in [-0.39, 0.29) is 5.92 Å². The Kier molecular flexibility index (Phi) is 5.82. The van der Waals surface area contributed by atoms with E-state index >= 15 is 0 Å². The van der Waals surface area contributed by atoms with Gasteiger partial charge in [-0.1, -0.05) is 103 Å². The van der Waals surface area contributed by atoms with Crippen LogP contribution >= 0.6 is 0 Å². The molecule has 0 aliphatic rings. The summed E-state index contributed by atoms with van der Waals surface area (Å²) in [5.41, 5.74) is 7.00. The molecule has 2 heteroatoms. The zero-order chi connectivity index (χ0) is 22.6. The topological polar surface area (TPSA) is 16.4 Å². The van der Waals surface area contributed by atoms with Crippen LogP contribution in [0.3, 0.4) is 0 Å². The molecule has 0 aliphatic heterocycles. The van der Waals surface area contributed by atoms with Gasteiger partial charge < -0.3 is 9.32 Å². The molecule has 0 radical (unpaired) electrons. The number of nitrogens with zero attached hydrogens (tertiary/aromatic N) is 1. The zero-order valence-electron chi connectivity index (χ0n) is 19.0. The van der Waals surface area contributed by atoms with Crippen molar-refractivity contribution in [2.75, 3.05) is 19.0 Å². The molecule has 0 aliphatic carbocycles. The summed E-state index contributed by atoms with van der Waals surface area (Å²) in [5, 5.41) is 0. The summed E-state index contributed by atoms with van der Waals surface area (Å²) in [7, 11) is 4.14. The highest BCUT2D eigenvalue weighted by atomic mass is 16.3. The molecule has 2 nitrogen and oxygen atoms in total. The van der Waals surface area contributed by atoms with E-state index in [0.29, 0.717) is 0 Å². The van der Waals surface area contributed by atoms with Crippen LogP contribution in [0.1, 0.15) is 22.6 Å². The molecular formula is C31H27NO. The van der Waals surface area contributed by atoms with Gasteiger partial charge in [0.05, 0.1) is 0 Å². The van der Waals surface area contributed by atoms with Crippen LogP contribution in [0.15, 0.2) is 126 Å². The summed E-state index contributed by atoms with van der Waals surface area (Å²) in [5.74, 6) is 1.86. The maximum atomic E-state index is 6.56. The maximum Gasteiger partial charge on any atom is 0.138 e. The lowest BCUT2D eigenvalue weighted by atomic mass is 9.84. The molecule has 4 aromatic carbocycles. The summed E-state index contributed by atoms with van der Waals surface area (Å²) in [6, 6.07) is 42.5. The average Bonchev–Trinajstić information content (AvgIpc) is 3.31. The zero-order valence-corrected chi connectivity index (χ0v) is 19.0. The summed E-state index contributed by atoms with van der Waals surface area (Å²) < 4.78 is 6.56. The Morgan fingerprint density at radius 3 is 1.67 bits per heavy atom. The van der Waals surface area contributed by atoms with Crippen LogP contribution < -0.4 is 4.90 Å². The SMILES string of the molecule is CN(C)c1ccc(C(c2ccccc2)c2cc(-c3ccccc3)oc2-c2ccccc2)cc1. The van der Waals surface area contributed by atoms with Gasteiger partial charge in [0.15, 0.2) is 0 Å². The number of rotatable bonds is 6. The Hall–Kier alpha value is -4.04. The second-order valence-corrected chi connectivity index (χ2v) is 8.46. The molecule has 0 saturated heterocycles. The third-order valence-corrected chi connectivity index (χ3v) is 6.04. The monoisotopic (exact) mass is 429 g/mol. The van der Waals surface area contributed by atoms with Crippen LogP contribution in [0.25, 0.3) is 22.6 Å². The van der Waals surface area contributed by atoms with E-state index < -0.39 is 0 Å². The standard InChI is InChI=1S/C31H27NO/c1-32(2)27-20-18-25(19-21-27)30(24-14-8-4-9-15-24)28-22-29(23-12-6-3-7-13-23)33-31(28)26-16-10-5-11-17-26/h3-22,30H,1-2H3. The number of benzene rings is 4. The van der Waals surface area contributed by atoms with Crippen molar-refractivity contribution in [2.24, 2.45) is 0 Å². The predicted octanol–water partition coefficient (Wildman–Crippen LogP) is 7.86. The third kappa shape index (κ3) is 4.33. The fourth-order valence-electron chi connectivity index (χ4n) is 4.34. The quantitative estimate of drug-likeness (QED) is 0.273. The molecule has 0 N–H and O–H groups in total. The van der Waals surface area contributed by atoms with Gasteiger partial charge in [-0.05, 0) is 29.3 Å². The Balaban J connectivity index is 1.72. The number of furan rings is 1. The van der Waals surface area contributed by atoms with Crippen molar-refractivity contribution in [1.82, 2.24) is 0 Å². The normalized spacial score (nSPS) is 11.8. The molecule has 5 rings (SSSR count). The van der Waals surface area contributed by atoms with Crippen molar-refractivity contribution in [2.45, 2.75) is 5.92 Å². The molecular weight excluding hydrogens is 402 g/mol. The van der Waals surface area contributed by atoms with E-state index in [1.165, 1.54) is 22.4 Å². The fourth-order valence-corrected chi connectivity index (χ4v) is 4.34. The molecule has 0 bridgehead atoms. The highest BCUT2D eigenvalue weighted by Crippen LogP contribution is 2.42. The minimum absolute atomic E-state index is 0.0545. The fraction of sp³-hybridized carbons (Fsp3) is 0.0968. The summed E-state index contributed by atoms with van der Waals surface area (Å²) >= 11 is 0. The Labute approximate surface area is 195 Å². The highest BCUT2D eigenvalue weighted by molar-refractivity contribution is 5.71. The summed E-state index contributed by atoms with van der Waals surface area (Å²) in [6.45, 7) is 0. The van der Waals surface area contributed by atoms with Gasteiger partial charge in [-0.25, -0.2) is 0 Å². The van der Waals surface area contributed by atoms with Crippen molar-refractivity contribution in [3.8, 4) is 22.6 Å². The van der Waals surface area contributed by atoms with Crippen molar-refractivity contribution in [3.05, 3.63) is 138 Å². The number of anilines is 1. The molecule has 1 atom stereocenters. The summed E-state index contributed by atoms with van der Waals surface area (Å²) in [6.07, 6.45) is 0. The first kappa shape index (κ1) is 20.8. The molecule has 5 aromatic rings. The van der Waals surface area contributed by atoms with E-state index in [2.05, 4.69) is 116 Å². The first-order valence-electron chi connectivity index (χ1n) is 11.3. The molecule has 0 spiro atoms. The minimum atomic E-state index is 0.0545. The van der Waals surface area contributed by atoms with Gasteiger partial charge in [-0.15, -0.1) is 0 Å². The molecule has 0 fully saturated rings. The summed E-state index contributed by atoms with van der Waals surface area (Å²) in [4.78, 5) is 2.13. The smallest absolute Gasteiger partial charge is 0.138 e. The van der Waals surface area contributed by atoms with Gasteiger partial charge in [0, 0.05) is 42.4 Å². The molecule has 0 saturated carbocycles. The first-order chi connectivity index (χ1) is 16.2. The molecule has 0 amide bonds. The van der Waals surface area contributed by atoms with E-state index in [1.54, 1.807) is 0 Å². The van der Waals surface area contributed by atoms with Gasteiger partial charge in [0.1, 0.15) is 11.5 Å². The second-order valence-electron chi connectivity index (χ2n) is 8.46. The lowest BCUT2D eigenvalue weighted by Gasteiger charge is -2.20. The van der Waals surface area contributed by atoms with Crippen molar-refractivity contribution in [1.29, 1.82) is 0 Å². The first-order valence-corrected chi connectivity index (χ1v) is 11.3. The number of hydrogen-bond donors (Lipinski definition) is 0. The Morgan fingerprint density at radius 1 is 0.576 bits per heavy atom. The minimum Gasteiger partial charge on any atom is -0.456 e. The van der Waals surface area contributed by atoms with Crippen LogP contribution in [0.5, 0.6) is 0 Å². The van der Waals surface area contributed by atoms with Crippen molar-refractivity contribution in [3.63, 3.8) is 0 Å². The van der Waals surface area contributed by atoms with E-state index in [4.69, 9.17) is 4.42 Å². The van der Waals surface area contributed by atoms with E-state index in [9.17, 15) is 0 Å². The van der Waals surface area contributed by atoms with Crippen LogP contribution in [-0.2, 0) is 0 Å². The van der Waals surface area contributed by atoms with Crippen LogP contribution in [-0.4, -0.2) is 14.1 Å². The van der Waals surface area contributed by atoms with Gasteiger partial charge >= 0.3 is 0 Å². The van der Waals surface area contributed by atoms with Gasteiger partial charge in [-0.2, -0.15) is 0 Å². The predicted molar refractivity (Wildman–Crippen MR) is 138 cm³/mol. The van der Waals surface area contributed by atoms with Gasteiger partial charge in [0.25, 0.3) is 0 Å². The largest absolute Gasteiger partial charge is 0.456 e.